The van der Waals surface area contributed by atoms with Crippen LogP contribution in [-0.2, 0) is 7.05 Å². The average molecular weight is 292 g/mol. The minimum Gasteiger partial charge on any atom is -0.508 e. The van der Waals surface area contributed by atoms with Crippen LogP contribution in [0.3, 0.4) is 0 Å². The number of aryl methyl sites for hydroxylation is 1. The second kappa shape index (κ2) is 4.59. The lowest BCUT2D eigenvalue weighted by atomic mass is 10.1. The lowest BCUT2D eigenvalue weighted by Crippen LogP contribution is -2.06. The fraction of sp³-hybridized carbons (Fsp3) is 0.176. The summed E-state index contributed by atoms with van der Waals surface area (Å²) in [5.74, 6) is 2.08. The Kier molecular flexibility index (Phi) is 2.69. The highest BCUT2D eigenvalue weighted by atomic mass is 16.3. The Morgan fingerprint density at radius 2 is 1.91 bits per heavy atom. The smallest absolute Gasteiger partial charge is 0.120 e. The summed E-state index contributed by atoms with van der Waals surface area (Å²) in [6.45, 7) is 2.08. The molecule has 22 heavy (non-hydrogen) atoms. The predicted octanol–water partition coefficient (Wildman–Crippen LogP) is 3.31. The van der Waals surface area contributed by atoms with Crippen molar-refractivity contribution in [2.24, 2.45) is 7.05 Å². The molecule has 2 N–H and O–H groups in total. The van der Waals surface area contributed by atoms with E-state index in [2.05, 4.69) is 27.5 Å². The highest BCUT2D eigenvalue weighted by Crippen LogP contribution is 2.27. The number of nitrogens with one attached hydrogen (secondary N) is 1. The van der Waals surface area contributed by atoms with E-state index in [1.807, 2.05) is 31.3 Å². The van der Waals surface area contributed by atoms with E-state index in [0.29, 0.717) is 0 Å². The summed E-state index contributed by atoms with van der Waals surface area (Å²) < 4.78 is 2.10. The molecule has 5 nitrogen and oxygen atoms in total. The third kappa shape index (κ3) is 1.86. The summed E-state index contributed by atoms with van der Waals surface area (Å²) in [5, 5.41) is 9.57. The second-order valence-corrected chi connectivity index (χ2v) is 5.56. The molecule has 0 bridgehead atoms. The maximum absolute atomic E-state index is 9.57. The molecule has 1 atom stereocenters. The zero-order chi connectivity index (χ0) is 15.3. The first kappa shape index (κ1) is 12.9. The molecule has 0 aliphatic heterocycles. The van der Waals surface area contributed by atoms with Gasteiger partial charge < -0.3 is 14.7 Å². The second-order valence-electron chi connectivity index (χ2n) is 5.56. The van der Waals surface area contributed by atoms with Crippen LogP contribution >= 0.6 is 0 Å². The van der Waals surface area contributed by atoms with Crippen LogP contribution in [0.1, 0.15) is 24.5 Å². The van der Waals surface area contributed by atoms with Crippen LogP contribution in [0.25, 0.3) is 22.1 Å². The number of aromatic hydroxyl groups is 1. The first-order valence-corrected chi connectivity index (χ1v) is 7.23. The molecule has 0 saturated heterocycles. The highest BCUT2D eigenvalue weighted by Gasteiger charge is 2.19. The van der Waals surface area contributed by atoms with E-state index >= 15 is 0 Å². The Labute approximate surface area is 127 Å². The van der Waals surface area contributed by atoms with E-state index in [-0.39, 0.29) is 11.7 Å². The van der Waals surface area contributed by atoms with Crippen molar-refractivity contribution in [3.05, 3.63) is 54.1 Å². The summed E-state index contributed by atoms with van der Waals surface area (Å²) >= 11 is 0. The van der Waals surface area contributed by atoms with Crippen LogP contribution < -0.4 is 0 Å². The summed E-state index contributed by atoms with van der Waals surface area (Å²) in [6, 6.07) is 13.2. The van der Waals surface area contributed by atoms with Gasteiger partial charge in [0, 0.05) is 13.1 Å². The lowest BCUT2D eigenvalue weighted by Gasteiger charge is -2.08. The van der Waals surface area contributed by atoms with Crippen molar-refractivity contribution in [2.75, 3.05) is 0 Å². The Morgan fingerprint density at radius 1 is 1.09 bits per heavy atom. The monoisotopic (exact) mass is 292 g/mol. The molecule has 4 rings (SSSR count). The molecule has 4 aromatic rings. The number of phenolic OH excluding ortho intramolecular Hbond substituents is 1. The van der Waals surface area contributed by atoms with E-state index in [4.69, 9.17) is 4.98 Å². The number of aromatic nitrogens is 4. The Balaban J connectivity index is 1.84. The number of hydrogen-bond donors (Lipinski definition) is 2. The summed E-state index contributed by atoms with van der Waals surface area (Å²) in [6.07, 6.45) is 0. The van der Waals surface area contributed by atoms with Gasteiger partial charge in [-0.1, -0.05) is 12.1 Å². The van der Waals surface area contributed by atoms with E-state index in [9.17, 15) is 5.11 Å². The molecular weight excluding hydrogens is 276 g/mol. The van der Waals surface area contributed by atoms with Gasteiger partial charge in [-0.05, 0) is 31.2 Å². The molecule has 0 spiro atoms. The average Bonchev–Trinajstić information content (AvgIpc) is 3.08. The maximum atomic E-state index is 9.57. The van der Waals surface area contributed by atoms with Gasteiger partial charge in [-0.3, -0.25) is 0 Å². The number of nitrogens with zero attached hydrogens (tertiary/aromatic N) is 3. The fourth-order valence-electron chi connectivity index (χ4n) is 2.90. The first-order valence-electron chi connectivity index (χ1n) is 7.23. The quantitative estimate of drug-likeness (QED) is 0.595. The van der Waals surface area contributed by atoms with Gasteiger partial charge in [-0.25, -0.2) is 9.97 Å². The molecule has 0 fully saturated rings. The number of aromatic amines is 1. The third-order valence-corrected chi connectivity index (χ3v) is 4.10. The number of rotatable bonds is 2. The van der Waals surface area contributed by atoms with Gasteiger partial charge in [0.05, 0.1) is 28.0 Å². The van der Waals surface area contributed by atoms with E-state index in [1.165, 1.54) is 0 Å². The fourth-order valence-corrected chi connectivity index (χ4v) is 2.90. The first-order chi connectivity index (χ1) is 10.6. The Hall–Kier alpha value is -2.82. The minimum absolute atomic E-state index is 0.0342. The van der Waals surface area contributed by atoms with E-state index in [1.54, 1.807) is 12.1 Å². The van der Waals surface area contributed by atoms with Crippen molar-refractivity contribution in [1.82, 2.24) is 19.5 Å². The zero-order valence-electron chi connectivity index (χ0n) is 12.4. The van der Waals surface area contributed by atoms with Gasteiger partial charge >= 0.3 is 0 Å². The van der Waals surface area contributed by atoms with E-state index < -0.39 is 0 Å². The van der Waals surface area contributed by atoms with Gasteiger partial charge in [0.15, 0.2) is 0 Å². The lowest BCUT2D eigenvalue weighted by molar-refractivity contribution is 0.476. The molecule has 110 valence electrons. The number of imidazole rings is 2. The van der Waals surface area contributed by atoms with E-state index in [0.717, 1.165) is 33.7 Å². The standard InChI is InChI=1S/C17H16N4O/c1-10(16-18-12-8-7-11(22)9-14(12)19-16)17-20-13-5-3-4-6-15(13)21(17)2/h3-10,22H,1-2H3,(H,18,19). The Morgan fingerprint density at radius 3 is 2.73 bits per heavy atom. The van der Waals surface area contributed by atoms with Crippen molar-refractivity contribution in [3.8, 4) is 5.75 Å². The van der Waals surface area contributed by atoms with Crippen molar-refractivity contribution in [3.63, 3.8) is 0 Å². The molecule has 0 radical (unpaired) electrons. The summed E-state index contributed by atoms with van der Waals surface area (Å²) in [5.41, 5.74) is 3.78. The SMILES string of the molecule is CC(c1nc2ccc(O)cc2[nH]1)c1nc2ccccc2n1C. The summed E-state index contributed by atoms with van der Waals surface area (Å²) in [4.78, 5) is 12.6. The van der Waals surface area contributed by atoms with Gasteiger partial charge in [0.1, 0.15) is 17.4 Å². The van der Waals surface area contributed by atoms with Crippen molar-refractivity contribution in [2.45, 2.75) is 12.8 Å². The molecule has 0 amide bonds. The van der Waals surface area contributed by atoms with Crippen LogP contribution in [-0.4, -0.2) is 24.6 Å². The maximum Gasteiger partial charge on any atom is 0.120 e. The number of H-pyrrole nitrogens is 1. The largest absolute Gasteiger partial charge is 0.508 e. The van der Waals surface area contributed by atoms with Gasteiger partial charge in [0.2, 0.25) is 0 Å². The topological polar surface area (TPSA) is 66.7 Å². The molecule has 2 heterocycles. The minimum atomic E-state index is 0.0342. The third-order valence-electron chi connectivity index (χ3n) is 4.10. The normalized spacial score (nSPS) is 13.0. The van der Waals surface area contributed by atoms with Gasteiger partial charge in [-0.15, -0.1) is 0 Å². The molecule has 2 aromatic heterocycles. The molecule has 0 saturated carbocycles. The van der Waals surface area contributed by atoms with Crippen LogP contribution in [0, 0.1) is 0 Å². The number of hydrogen-bond acceptors (Lipinski definition) is 3. The number of phenols is 1. The predicted molar refractivity (Wildman–Crippen MR) is 86.0 cm³/mol. The number of fused-ring (bicyclic) bond motifs is 2. The van der Waals surface area contributed by atoms with Crippen molar-refractivity contribution in [1.29, 1.82) is 0 Å². The summed E-state index contributed by atoms with van der Waals surface area (Å²) in [7, 11) is 2.02. The van der Waals surface area contributed by atoms with Gasteiger partial charge in [0.25, 0.3) is 0 Å². The van der Waals surface area contributed by atoms with Gasteiger partial charge in [-0.2, -0.15) is 0 Å². The van der Waals surface area contributed by atoms with Crippen molar-refractivity contribution >= 4 is 22.1 Å². The highest BCUT2D eigenvalue weighted by molar-refractivity contribution is 5.78. The molecule has 0 aliphatic carbocycles. The molecule has 1 unspecified atom stereocenters. The zero-order valence-corrected chi connectivity index (χ0v) is 12.4. The number of benzene rings is 2. The molecule has 0 aliphatic rings. The van der Waals surface area contributed by atoms with Crippen molar-refractivity contribution < 1.29 is 5.11 Å². The van der Waals surface area contributed by atoms with Crippen LogP contribution in [0.15, 0.2) is 42.5 Å². The van der Waals surface area contributed by atoms with Crippen LogP contribution in [0.5, 0.6) is 5.75 Å². The molecule has 2 aromatic carbocycles. The molecular formula is C17H16N4O. The number of para-hydroxylation sites is 2. The Bertz CT molecular complexity index is 983. The molecule has 5 heteroatoms. The van der Waals surface area contributed by atoms with Crippen LogP contribution in [0.2, 0.25) is 0 Å². The van der Waals surface area contributed by atoms with Crippen LogP contribution in [0.4, 0.5) is 0 Å².